The van der Waals surface area contributed by atoms with E-state index in [1.54, 1.807) is 41.1 Å². The number of nitrogens with one attached hydrogen (secondary N) is 1. The Hall–Kier alpha value is -2.58. The molecule has 0 saturated carbocycles. The average Bonchev–Trinajstić information content (AvgIpc) is 3.39. The van der Waals surface area contributed by atoms with Crippen molar-refractivity contribution in [2.45, 2.75) is 13.2 Å². The van der Waals surface area contributed by atoms with Crippen LogP contribution in [0, 0.1) is 0 Å². The number of thiophene rings is 1. The fourth-order valence-corrected chi connectivity index (χ4v) is 4.22. The highest BCUT2D eigenvalue weighted by Gasteiger charge is 2.13. The molecule has 10 heteroatoms. The third kappa shape index (κ3) is 5.57. The van der Waals surface area contributed by atoms with Crippen molar-refractivity contribution in [2.75, 3.05) is 5.32 Å². The molecule has 0 unspecified atom stereocenters. The van der Waals surface area contributed by atoms with Crippen LogP contribution in [-0.2, 0) is 13.2 Å². The summed E-state index contributed by atoms with van der Waals surface area (Å²) < 4.78 is 7.26. The highest BCUT2D eigenvalue weighted by molar-refractivity contribution is 7.12. The molecule has 0 fully saturated rings. The van der Waals surface area contributed by atoms with Crippen molar-refractivity contribution in [1.29, 1.82) is 0 Å². The summed E-state index contributed by atoms with van der Waals surface area (Å²) in [5.41, 5.74) is 1.61. The number of anilines is 1. The van der Waals surface area contributed by atoms with Crippen LogP contribution in [0.25, 0.3) is 0 Å². The summed E-state index contributed by atoms with van der Waals surface area (Å²) in [5, 5.41) is 10.5. The lowest BCUT2D eigenvalue weighted by atomic mass is 10.2. The number of ether oxygens (including phenoxy) is 1. The standard InChI is InChI=1S/C21H15Cl3N4O2S/c22-14-3-1-4-15(8-14)30-10-13-7-19(31-11-13)20(29)26-21-25-12-28(27-21)9-16-17(23)5-2-6-18(16)24/h1-8,11-12H,9-10H2,(H,26,27,29). The van der Waals surface area contributed by atoms with Crippen LogP contribution in [-0.4, -0.2) is 20.7 Å². The van der Waals surface area contributed by atoms with Crippen LogP contribution in [0.4, 0.5) is 5.95 Å². The molecule has 1 amide bonds. The second-order valence-electron chi connectivity index (χ2n) is 6.49. The summed E-state index contributed by atoms with van der Waals surface area (Å²) in [6.07, 6.45) is 1.51. The number of benzene rings is 2. The first kappa shape index (κ1) is 21.6. The van der Waals surface area contributed by atoms with E-state index < -0.39 is 0 Å². The molecule has 4 rings (SSSR count). The lowest BCUT2D eigenvalue weighted by Gasteiger charge is -2.06. The monoisotopic (exact) mass is 492 g/mol. The number of rotatable bonds is 7. The van der Waals surface area contributed by atoms with Crippen LogP contribution in [0.5, 0.6) is 5.75 Å². The summed E-state index contributed by atoms with van der Waals surface area (Å²) in [4.78, 5) is 17.2. The fraction of sp³-hybridized carbons (Fsp3) is 0.0952. The quantitative estimate of drug-likeness (QED) is 0.334. The van der Waals surface area contributed by atoms with Gasteiger partial charge in [-0.2, -0.15) is 0 Å². The zero-order chi connectivity index (χ0) is 21.8. The Morgan fingerprint density at radius 2 is 1.87 bits per heavy atom. The molecule has 158 valence electrons. The van der Waals surface area contributed by atoms with Crippen molar-refractivity contribution in [2.24, 2.45) is 0 Å². The van der Waals surface area contributed by atoms with Crippen LogP contribution in [0.3, 0.4) is 0 Å². The van der Waals surface area contributed by atoms with Gasteiger partial charge in [0.15, 0.2) is 0 Å². The zero-order valence-electron chi connectivity index (χ0n) is 15.9. The van der Waals surface area contributed by atoms with Crippen LogP contribution in [0.2, 0.25) is 15.1 Å². The third-order valence-corrected chi connectivity index (χ3v) is 6.14. The Balaban J connectivity index is 1.36. The lowest BCUT2D eigenvalue weighted by Crippen LogP contribution is -2.12. The molecule has 2 heterocycles. The van der Waals surface area contributed by atoms with Crippen molar-refractivity contribution in [3.05, 3.63) is 91.3 Å². The number of aromatic nitrogens is 3. The molecular formula is C21H15Cl3N4O2S. The maximum Gasteiger partial charge on any atom is 0.268 e. The normalized spacial score (nSPS) is 10.8. The molecule has 4 aromatic rings. The molecule has 0 bridgehead atoms. The molecule has 0 aliphatic heterocycles. The number of halogens is 3. The van der Waals surface area contributed by atoms with E-state index in [0.717, 1.165) is 11.1 Å². The topological polar surface area (TPSA) is 69.0 Å². The van der Waals surface area contributed by atoms with Gasteiger partial charge in [0.2, 0.25) is 5.95 Å². The molecule has 0 saturated heterocycles. The predicted molar refractivity (Wildman–Crippen MR) is 124 cm³/mol. The molecule has 0 aliphatic carbocycles. The van der Waals surface area contributed by atoms with E-state index >= 15 is 0 Å². The van der Waals surface area contributed by atoms with Gasteiger partial charge in [-0.15, -0.1) is 16.4 Å². The summed E-state index contributed by atoms with van der Waals surface area (Å²) in [7, 11) is 0. The summed E-state index contributed by atoms with van der Waals surface area (Å²) in [6.45, 7) is 0.668. The lowest BCUT2D eigenvalue weighted by molar-refractivity contribution is 0.102. The molecule has 0 aliphatic rings. The fourth-order valence-electron chi connectivity index (χ4n) is 2.73. The van der Waals surface area contributed by atoms with E-state index in [9.17, 15) is 4.79 Å². The number of hydrogen-bond acceptors (Lipinski definition) is 5. The van der Waals surface area contributed by atoms with Gasteiger partial charge >= 0.3 is 0 Å². The molecule has 0 radical (unpaired) electrons. The zero-order valence-corrected chi connectivity index (χ0v) is 19.0. The second kappa shape index (κ2) is 9.70. The van der Waals surface area contributed by atoms with E-state index in [1.165, 1.54) is 17.7 Å². The van der Waals surface area contributed by atoms with Gasteiger partial charge in [-0.1, -0.05) is 46.9 Å². The first-order valence-corrected chi connectivity index (χ1v) is 11.1. The van der Waals surface area contributed by atoms with Crippen LogP contribution < -0.4 is 10.1 Å². The minimum atomic E-state index is -0.299. The average molecular weight is 494 g/mol. The smallest absolute Gasteiger partial charge is 0.268 e. The third-order valence-electron chi connectivity index (χ3n) is 4.22. The molecule has 6 nitrogen and oxygen atoms in total. The molecular weight excluding hydrogens is 479 g/mol. The van der Waals surface area contributed by atoms with Crippen molar-refractivity contribution in [1.82, 2.24) is 14.8 Å². The van der Waals surface area contributed by atoms with E-state index in [0.29, 0.717) is 38.8 Å². The first-order chi connectivity index (χ1) is 15.0. The van der Waals surface area contributed by atoms with Crippen molar-refractivity contribution in [3.8, 4) is 5.75 Å². The van der Waals surface area contributed by atoms with Crippen LogP contribution in [0.1, 0.15) is 20.8 Å². The number of hydrogen-bond donors (Lipinski definition) is 1. The maximum absolute atomic E-state index is 12.5. The van der Waals surface area contributed by atoms with Gasteiger partial charge in [-0.25, -0.2) is 9.67 Å². The van der Waals surface area contributed by atoms with E-state index in [1.807, 2.05) is 17.5 Å². The Morgan fingerprint density at radius 3 is 2.65 bits per heavy atom. The van der Waals surface area contributed by atoms with Gasteiger partial charge in [0.25, 0.3) is 5.91 Å². The number of carbonyl (C=O) groups is 1. The van der Waals surface area contributed by atoms with Gasteiger partial charge in [0.05, 0.1) is 11.4 Å². The summed E-state index contributed by atoms with van der Waals surface area (Å²) >= 11 is 19.7. The van der Waals surface area contributed by atoms with Gasteiger partial charge in [0, 0.05) is 26.2 Å². The Kier molecular flexibility index (Phi) is 6.77. The highest BCUT2D eigenvalue weighted by Crippen LogP contribution is 2.25. The summed E-state index contributed by atoms with van der Waals surface area (Å²) in [6, 6.07) is 14.2. The van der Waals surface area contributed by atoms with E-state index in [2.05, 4.69) is 15.4 Å². The van der Waals surface area contributed by atoms with Gasteiger partial charge in [0.1, 0.15) is 18.7 Å². The largest absolute Gasteiger partial charge is 0.489 e. The van der Waals surface area contributed by atoms with Crippen molar-refractivity contribution < 1.29 is 9.53 Å². The van der Waals surface area contributed by atoms with Gasteiger partial charge < -0.3 is 4.74 Å². The van der Waals surface area contributed by atoms with Crippen molar-refractivity contribution in [3.63, 3.8) is 0 Å². The minimum absolute atomic E-state index is 0.193. The van der Waals surface area contributed by atoms with Gasteiger partial charge in [-0.3, -0.25) is 10.1 Å². The SMILES string of the molecule is O=C(Nc1ncn(Cc2c(Cl)cccc2Cl)n1)c1cc(COc2cccc(Cl)c2)cs1. The molecule has 0 atom stereocenters. The molecule has 2 aromatic carbocycles. The Bertz CT molecular complexity index is 1200. The van der Waals surface area contributed by atoms with Gasteiger partial charge in [-0.05, 0) is 41.8 Å². The Labute approximate surface area is 197 Å². The molecule has 1 N–H and O–H groups in total. The molecule has 2 aromatic heterocycles. The second-order valence-corrected chi connectivity index (χ2v) is 8.65. The minimum Gasteiger partial charge on any atom is -0.489 e. The Morgan fingerprint density at radius 1 is 1.10 bits per heavy atom. The number of nitrogens with zero attached hydrogens (tertiary/aromatic N) is 3. The van der Waals surface area contributed by atoms with E-state index in [-0.39, 0.29) is 11.9 Å². The number of amides is 1. The molecule has 31 heavy (non-hydrogen) atoms. The first-order valence-electron chi connectivity index (χ1n) is 9.07. The molecule has 0 spiro atoms. The summed E-state index contributed by atoms with van der Waals surface area (Å²) in [5.74, 6) is 0.559. The van der Waals surface area contributed by atoms with E-state index in [4.69, 9.17) is 39.5 Å². The van der Waals surface area contributed by atoms with Crippen molar-refractivity contribution >= 4 is 58.0 Å². The highest BCUT2D eigenvalue weighted by atomic mass is 35.5. The number of carbonyl (C=O) groups excluding carboxylic acids is 1. The maximum atomic E-state index is 12.5. The predicted octanol–water partition coefficient (Wildman–Crippen LogP) is 6.18. The van der Waals surface area contributed by atoms with Crippen LogP contribution >= 0.6 is 46.1 Å². The van der Waals surface area contributed by atoms with Crippen LogP contribution in [0.15, 0.2) is 60.2 Å².